The molecule has 3 atom stereocenters. The van der Waals surface area contributed by atoms with Crippen molar-refractivity contribution in [3.8, 4) is 6.07 Å². The fourth-order valence-electron chi connectivity index (χ4n) is 5.91. The van der Waals surface area contributed by atoms with E-state index in [9.17, 15) is 14.9 Å². The molecule has 0 radical (unpaired) electrons. The van der Waals surface area contributed by atoms with Crippen LogP contribution >= 0.6 is 0 Å². The quantitative estimate of drug-likeness (QED) is 0.690. The van der Waals surface area contributed by atoms with Crippen LogP contribution in [-0.2, 0) is 26.3 Å². The molecule has 1 spiro atoms. The first-order valence-electron chi connectivity index (χ1n) is 12.4. The molecule has 1 saturated carbocycles. The van der Waals surface area contributed by atoms with Crippen LogP contribution in [0.4, 0.5) is 5.69 Å². The van der Waals surface area contributed by atoms with E-state index in [1.807, 2.05) is 54.6 Å². The van der Waals surface area contributed by atoms with Gasteiger partial charge in [0.1, 0.15) is 12.1 Å². The standard InChI is InChI=1S/C28H31N3O3/c29-17-22-16-28(23-13-7-8-14-24(23)30-27(28)33)19-31(22)26(32)25(15-20-9-3-1-4-10-20)34-18-21-11-5-2-6-12-21/h2,5-8,11-14,20,22,25H,1,3-4,9-10,15-16,18-19H2,(H,30,33)/t22-,25-,28-/m0/s1. The van der Waals surface area contributed by atoms with E-state index in [4.69, 9.17) is 4.74 Å². The van der Waals surface area contributed by atoms with Crippen molar-refractivity contribution in [2.75, 3.05) is 11.9 Å². The molecular weight excluding hydrogens is 426 g/mol. The van der Waals surface area contributed by atoms with Crippen LogP contribution in [0, 0.1) is 17.2 Å². The average Bonchev–Trinajstić information content (AvgIpc) is 3.41. The number of para-hydroxylation sites is 1. The Kier molecular flexibility index (Phi) is 6.38. The third-order valence-electron chi connectivity index (χ3n) is 7.76. The molecule has 2 amide bonds. The van der Waals surface area contributed by atoms with Gasteiger partial charge < -0.3 is 15.0 Å². The number of nitrogens with zero attached hydrogens (tertiary/aromatic N) is 2. The fraction of sp³-hybridized carbons (Fsp3) is 0.464. The Morgan fingerprint density at radius 2 is 1.85 bits per heavy atom. The number of carbonyl (C=O) groups is 2. The van der Waals surface area contributed by atoms with Gasteiger partial charge in [-0.1, -0.05) is 80.6 Å². The second kappa shape index (κ2) is 9.60. The topological polar surface area (TPSA) is 82.4 Å². The van der Waals surface area contributed by atoms with E-state index in [2.05, 4.69) is 11.4 Å². The van der Waals surface area contributed by atoms with Crippen LogP contribution in [0.3, 0.4) is 0 Å². The molecule has 2 aromatic rings. The number of hydrogen-bond acceptors (Lipinski definition) is 4. The number of ether oxygens (including phenoxy) is 1. The third kappa shape index (κ3) is 4.21. The first-order valence-corrected chi connectivity index (χ1v) is 12.4. The summed E-state index contributed by atoms with van der Waals surface area (Å²) in [6, 6.07) is 19.1. The van der Waals surface area contributed by atoms with E-state index in [0.29, 0.717) is 25.4 Å². The molecule has 0 unspecified atom stereocenters. The summed E-state index contributed by atoms with van der Waals surface area (Å²) in [5.41, 5.74) is 1.80. The summed E-state index contributed by atoms with van der Waals surface area (Å²) in [5, 5.41) is 12.9. The lowest BCUT2D eigenvalue weighted by Crippen LogP contribution is -2.45. The van der Waals surface area contributed by atoms with Gasteiger partial charge in [0.05, 0.1) is 18.1 Å². The Morgan fingerprint density at radius 3 is 2.62 bits per heavy atom. The van der Waals surface area contributed by atoms with E-state index in [1.165, 1.54) is 19.3 Å². The van der Waals surface area contributed by atoms with Crippen molar-refractivity contribution in [1.82, 2.24) is 4.90 Å². The highest BCUT2D eigenvalue weighted by atomic mass is 16.5. The summed E-state index contributed by atoms with van der Waals surface area (Å²) in [5.74, 6) is 0.159. The molecule has 2 fully saturated rings. The predicted molar refractivity (Wildman–Crippen MR) is 129 cm³/mol. The molecule has 5 rings (SSSR count). The number of hydrogen-bond donors (Lipinski definition) is 1. The lowest BCUT2D eigenvalue weighted by molar-refractivity contribution is -0.146. The molecule has 6 nitrogen and oxygen atoms in total. The van der Waals surface area contributed by atoms with Crippen molar-refractivity contribution in [3.05, 3.63) is 65.7 Å². The molecule has 6 heteroatoms. The van der Waals surface area contributed by atoms with Crippen molar-refractivity contribution < 1.29 is 14.3 Å². The van der Waals surface area contributed by atoms with Crippen LogP contribution < -0.4 is 5.32 Å². The van der Waals surface area contributed by atoms with Crippen LogP contribution in [-0.4, -0.2) is 35.4 Å². The second-order valence-corrected chi connectivity index (χ2v) is 9.92. The van der Waals surface area contributed by atoms with Gasteiger partial charge in [0, 0.05) is 18.7 Å². The average molecular weight is 458 g/mol. The van der Waals surface area contributed by atoms with E-state index in [1.54, 1.807) is 4.90 Å². The van der Waals surface area contributed by atoms with Gasteiger partial charge in [0.25, 0.3) is 5.91 Å². The number of amides is 2. The first-order chi connectivity index (χ1) is 16.6. The lowest BCUT2D eigenvalue weighted by Gasteiger charge is -2.30. The van der Waals surface area contributed by atoms with Crippen LogP contribution in [0.1, 0.15) is 56.1 Å². The van der Waals surface area contributed by atoms with Gasteiger partial charge in [-0.15, -0.1) is 0 Å². The maximum absolute atomic E-state index is 13.9. The number of fused-ring (bicyclic) bond motifs is 2. The lowest BCUT2D eigenvalue weighted by atomic mass is 9.80. The van der Waals surface area contributed by atoms with Gasteiger partial charge >= 0.3 is 0 Å². The zero-order valence-corrected chi connectivity index (χ0v) is 19.4. The van der Waals surface area contributed by atoms with Crippen molar-refractivity contribution >= 4 is 17.5 Å². The molecule has 0 aromatic heterocycles. The second-order valence-electron chi connectivity index (χ2n) is 9.92. The van der Waals surface area contributed by atoms with Crippen molar-refractivity contribution in [2.24, 2.45) is 5.92 Å². The highest BCUT2D eigenvalue weighted by Crippen LogP contribution is 2.46. The molecule has 2 heterocycles. The van der Waals surface area contributed by atoms with Gasteiger partial charge in [0.2, 0.25) is 5.91 Å². The van der Waals surface area contributed by atoms with E-state index in [0.717, 1.165) is 29.7 Å². The van der Waals surface area contributed by atoms with Gasteiger partial charge in [-0.25, -0.2) is 0 Å². The maximum atomic E-state index is 13.9. The SMILES string of the molecule is N#C[C@@H]1C[C@@]2(CN1C(=O)[C@H](CC1CCCCC1)OCc1ccccc1)C(=O)Nc1ccccc12. The number of carbonyl (C=O) groups excluding carboxylic acids is 2. The molecular formula is C28H31N3O3. The molecule has 34 heavy (non-hydrogen) atoms. The van der Waals surface area contributed by atoms with Crippen molar-refractivity contribution in [3.63, 3.8) is 0 Å². The summed E-state index contributed by atoms with van der Waals surface area (Å²) < 4.78 is 6.24. The van der Waals surface area contributed by atoms with E-state index < -0.39 is 17.6 Å². The van der Waals surface area contributed by atoms with E-state index >= 15 is 0 Å². The number of likely N-dealkylation sites (tertiary alicyclic amines) is 1. The Balaban J connectivity index is 1.39. The Bertz CT molecular complexity index is 1090. The van der Waals surface area contributed by atoms with Crippen molar-refractivity contribution in [1.29, 1.82) is 5.26 Å². The van der Waals surface area contributed by atoms with Gasteiger partial charge in [-0.2, -0.15) is 5.26 Å². The van der Waals surface area contributed by atoms with Gasteiger partial charge in [-0.05, 0) is 29.5 Å². The Labute approximate surface area is 200 Å². The maximum Gasteiger partial charge on any atom is 0.252 e. The zero-order valence-electron chi connectivity index (χ0n) is 19.4. The first kappa shape index (κ1) is 22.6. The molecule has 3 aliphatic rings. The normalized spacial score (nSPS) is 25.1. The smallest absolute Gasteiger partial charge is 0.252 e. The van der Waals surface area contributed by atoms with Crippen LogP contribution in [0.25, 0.3) is 0 Å². The Hall–Kier alpha value is -3.17. The number of rotatable bonds is 6. The number of anilines is 1. The van der Waals surface area contributed by atoms with Crippen LogP contribution in [0.15, 0.2) is 54.6 Å². The molecule has 2 aliphatic heterocycles. The monoisotopic (exact) mass is 457 g/mol. The molecule has 0 bridgehead atoms. The summed E-state index contributed by atoms with van der Waals surface area (Å²) >= 11 is 0. The van der Waals surface area contributed by atoms with E-state index in [-0.39, 0.29) is 18.4 Å². The highest BCUT2D eigenvalue weighted by Gasteiger charge is 2.56. The highest BCUT2D eigenvalue weighted by molar-refractivity contribution is 6.07. The molecule has 1 saturated heterocycles. The minimum atomic E-state index is -0.874. The summed E-state index contributed by atoms with van der Waals surface area (Å²) in [6.07, 6.45) is 6.21. The third-order valence-corrected chi connectivity index (χ3v) is 7.76. The summed E-state index contributed by atoms with van der Waals surface area (Å²) in [6.45, 7) is 0.562. The number of nitrogens with one attached hydrogen (secondary N) is 1. The summed E-state index contributed by atoms with van der Waals surface area (Å²) in [7, 11) is 0. The molecule has 2 aromatic carbocycles. The fourth-order valence-corrected chi connectivity index (χ4v) is 5.91. The predicted octanol–water partition coefficient (Wildman–Crippen LogP) is 4.56. The van der Waals surface area contributed by atoms with Crippen LogP contribution in [0.2, 0.25) is 0 Å². The summed E-state index contributed by atoms with van der Waals surface area (Å²) in [4.78, 5) is 28.6. The van der Waals surface area contributed by atoms with Gasteiger partial charge in [0.15, 0.2) is 0 Å². The van der Waals surface area contributed by atoms with Gasteiger partial charge in [-0.3, -0.25) is 9.59 Å². The largest absolute Gasteiger partial charge is 0.364 e. The van der Waals surface area contributed by atoms with Crippen LogP contribution in [0.5, 0.6) is 0 Å². The Morgan fingerprint density at radius 1 is 1.12 bits per heavy atom. The minimum Gasteiger partial charge on any atom is -0.364 e. The minimum absolute atomic E-state index is 0.127. The van der Waals surface area contributed by atoms with Crippen molar-refractivity contribution in [2.45, 2.75) is 69.1 Å². The molecule has 1 aliphatic carbocycles. The zero-order chi connectivity index (χ0) is 23.5. The molecule has 176 valence electrons. The molecule has 1 N–H and O–H groups in total. The number of benzene rings is 2. The number of nitriles is 1.